The molecule has 0 aliphatic carbocycles. The molecule has 0 radical (unpaired) electrons. The lowest BCUT2D eigenvalue weighted by atomic mass is 9.85. The van der Waals surface area contributed by atoms with Crippen molar-refractivity contribution >= 4 is 16.7 Å². The molecule has 1 aromatic heterocycles. The Hall–Kier alpha value is -2.75. The Morgan fingerprint density at radius 2 is 2.04 bits per heavy atom. The summed E-state index contributed by atoms with van der Waals surface area (Å²) in [5, 5.41) is 2.29. The second-order valence-electron chi connectivity index (χ2n) is 6.62. The molecule has 0 aliphatic rings. The fourth-order valence-electron chi connectivity index (χ4n) is 3.54. The maximum Gasteiger partial charge on any atom is 0.217 e. The number of nitrogens with two attached hydrogens (primary N) is 1. The van der Waals surface area contributed by atoms with Gasteiger partial charge in [-0.15, -0.1) is 0 Å². The number of methoxy groups -OCH3 is 1. The molecule has 0 aliphatic heterocycles. The van der Waals surface area contributed by atoms with Crippen LogP contribution in [0, 0.1) is 0 Å². The number of carbonyl (C=O) groups is 1. The summed E-state index contributed by atoms with van der Waals surface area (Å²) in [6, 6.07) is 14.3. The van der Waals surface area contributed by atoms with Crippen LogP contribution >= 0.6 is 0 Å². The fourth-order valence-corrected chi connectivity index (χ4v) is 3.54. The van der Waals surface area contributed by atoms with Gasteiger partial charge in [0.1, 0.15) is 11.5 Å². The summed E-state index contributed by atoms with van der Waals surface area (Å²) in [6.07, 6.45) is 4.86. The topological polar surface area (TPSA) is 65.5 Å². The molecule has 4 nitrogen and oxygen atoms in total. The zero-order chi connectivity index (χ0) is 18.5. The standard InChI is InChI=1S/C22H25NO3/c1-3-5-15(8-10-22(23)24)19-13-17(21-6-4-11-26-21)12-16-7-9-18(25-2)14-20(16)19/h4,6-7,9,11-15H,3,5,8,10H2,1-2H3,(H2,23,24). The molecule has 1 unspecified atom stereocenters. The molecule has 26 heavy (non-hydrogen) atoms. The molecule has 0 fully saturated rings. The third-order valence-corrected chi connectivity index (χ3v) is 4.82. The van der Waals surface area contributed by atoms with Crippen LogP contribution in [0.25, 0.3) is 22.1 Å². The van der Waals surface area contributed by atoms with Gasteiger partial charge >= 0.3 is 0 Å². The van der Waals surface area contributed by atoms with Gasteiger partial charge in [-0.05, 0) is 71.5 Å². The number of carbonyl (C=O) groups excluding carboxylic acids is 1. The zero-order valence-electron chi connectivity index (χ0n) is 15.3. The summed E-state index contributed by atoms with van der Waals surface area (Å²) >= 11 is 0. The molecule has 3 aromatic rings. The van der Waals surface area contributed by atoms with Crippen LogP contribution in [0.1, 0.15) is 44.1 Å². The van der Waals surface area contributed by atoms with Crippen LogP contribution in [0.2, 0.25) is 0 Å². The van der Waals surface area contributed by atoms with E-state index in [9.17, 15) is 4.79 Å². The smallest absolute Gasteiger partial charge is 0.217 e. The van der Waals surface area contributed by atoms with E-state index in [2.05, 4.69) is 31.2 Å². The van der Waals surface area contributed by atoms with Crippen LogP contribution < -0.4 is 10.5 Å². The van der Waals surface area contributed by atoms with Gasteiger partial charge in [-0.25, -0.2) is 0 Å². The maximum absolute atomic E-state index is 11.3. The number of fused-ring (bicyclic) bond motifs is 1. The highest BCUT2D eigenvalue weighted by molar-refractivity contribution is 5.91. The van der Waals surface area contributed by atoms with E-state index in [1.165, 1.54) is 5.56 Å². The Kier molecular flexibility index (Phi) is 5.61. The SMILES string of the molecule is CCCC(CCC(N)=O)c1cc(-c2ccco2)cc2ccc(OC)cc12. The van der Waals surface area contributed by atoms with E-state index in [0.717, 1.165) is 47.1 Å². The number of hydrogen-bond donors (Lipinski definition) is 1. The summed E-state index contributed by atoms with van der Waals surface area (Å²) in [7, 11) is 1.68. The van der Waals surface area contributed by atoms with E-state index in [0.29, 0.717) is 6.42 Å². The highest BCUT2D eigenvalue weighted by atomic mass is 16.5. The van der Waals surface area contributed by atoms with Crippen molar-refractivity contribution in [1.29, 1.82) is 0 Å². The van der Waals surface area contributed by atoms with Crippen molar-refractivity contribution in [1.82, 2.24) is 0 Å². The molecule has 3 rings (SSSR count). The summed E-state index contributed by atoms with van der Waals surface area (Å²) in [6.45, 7) is 2.16. The van der Waals surface area contributed by atoms with Crippen molar-refractivity contribution in [2.75, 3.05) is 7.11 Å². The number of rotatable bonds is 8. The molecule has 1 amide bonds. The first-order valence-electron chi connectivity index (χ1n) is 9.06. The van der Waals surface area contributed by atoms with Gasteiger partial charge < -0.3 is 14.9 Å². The lowest BCUT2D eigenvalue weighted by Crippen LogP contribution is -2.12. The normalized spacial score (nSPS) is 12.2. The van der Waals surface area contributed by atoms with Crippen LogP contribution in [0.4, 0.5) is 0 Å². The van der Waals surface area contributed by atoms with Crippen LogP contribution in [0.5, 0.6) is 5.75 Å². The van der Waals surface area contributed by atoms with Crippen LogP contribution in [-0.2, 0) is 4.79 Å². The Balaban J connectivity index is 2.15. The number of amides is 1. The van der Waals surface area contributed by atoms with E-state index < -0.39 is 0 Å². The van der Waals surface area contributed by atoms with Gasteiger partial charge in [0.05, 0.1) is 13.4 Å². The summed E-state index contributed by atoms with van der Waals surface area (Å²) in [4.78, 5) is 11.3. The Morgan fingerprint density at radius 1 is 1.19 bits per heavy atom. The Bertz CT molecular complexity index is 884. The van der Waals surface area contributed by atoms with Crippen LogP contribution in [0.3, 0.4) is 0 Å². The number of hydrogen-bond acceptors (Lipinski definition) is 3. The van der Waals surface area contributed by atoms with E-state index >= 15 is 0 Å². The first kappa shape index (κ1) is 18.1. The van der Waals surface area contributed by atoms with E-state index in [4.69, 9.17) is 14.9 Å². The predicted molar refractivity (Wildman–Crippen MR) is 104 cm³/mol. The van der Waals surface area contributed by atoms with Crippen molar-refractivity contribution in [2.24, 2.45) is 5.73 Å². The second-order valence-corrected chi connectivity index (χ2v) is 6.62. The minimum atomic E-state index is -0.254. The molecule has 0 spiro atoms. The zero-order valence-corrected chi connectivity index (χ0v) is 15.3. The van der Waals surface area contributed by atoms with Gasteiger partial charge in [0, 0.05) is 12.0 Å². The molecule has 0 saturated heterocycles. The molecule has 2 N–H and O–H groups in total. The van der Waals surface area contributed by atoms with Gasteiger partial charge in [0.25, 0.3) is 0 Å². The maximum atomic E-state index is 11.3. The van der Waals surface area contributed by atoms with Gasteiger partial charge in [0.15, 0.2) is 0 Å². The third kappa shape index (κ3) is 3.90. The van der Waals surface area contributed by atoms with Gasteiger partial charge in [-0.2, -0.15) is 0 Å². The molecule has 4 heteroatoms. The summed E-state index contributed by atoms with van der Waals surface area (Å²) < 4.78 is 11.0. The molecule has 1 heterocycles. The molecule has 1 atom stereocenters. The van der Waals surface area contributed by atoms with E-state index in [1.54, 1.807) is 13.4 Å². The van der Waals surface area contributed by atoms with Crippen molar-refractivity contribution in [2.45, 2.75) is 38.5 Å². The van der Waals surface area contributed by atoms with Crippen molar-refractivity contribution < 1.29 is 13.9 Å². The van der Waals surface area contributed by atoms with Crippen LogP contribution in [-0.4, -0.2) is 13.0 Å². The number of furan rings is 1. The first-order valence-corrected chi connectivity index (χ1v) is 9.06. The van der Waals surface area contributed by atoms with Gasteiger partial charge in [-0.3, -0.25) is 4.79 Å². The summed E-state index contributed by atoms with van der Waals surface area (Å²) in [5.74, 6) is 1.68. The Morgan fingerprint density at radius 3 is 2.69 bits per heavy atom. The van der Waals surface area contributed by atoms with Crippen molar-refractivity contribution in [3.63, 3.8) is 0 Å². The van der Waals surface area contributed by atoms with Crippen LogP contribution in [0.15, 0.2) is 53.1 Å². The predicted octanol–water partition coefficient (Wildman–Crippen LogP) is 5.26. The fraction of sp³-hybridized carbons (Fsp3) is 0.318. The van der Waals surface area contributed by atoms with Gasteiger partial charge in [-0.1, -0.05) is 19.4 Å². The quantitative estimate of drug-likeness (QED) is 0.602. The molecule has 0 saturated carbocycles. The first-order chi connectivity index (χ1) is 12.6. The molecular weight excluding hydrogens is 326 g/mol. The Labute approximate surface area is 153 Å². The summed E-state index contributed by atoms with van der Waals surface area (Å²) in [5.41, 5.74) is 7.67. The number of ether oxygens (including phenoxy) is 1. The van der Waals surface area contributed by atoms with Gasteiger partial charge in [0.2, 0.25) is 5.91 Å². The number of benzene rings is 2. The van der Waals surface area contributed by atoms with E-state index in [-0.39, 0.29) is 11.8 Å². The lowest BCUT2D eigenvalue weighted by Gasteiger charge is -2.20. The molecule has 136 valence electrons. The molecular formula is C22H25NO3. The monoisotopic (exact) mass is 351 g/mol. The average molecular weight is 351 g/mol. The molecule has 2 aromatic carbocycles. The third-order valence-electron chi connectivity index (χ3n) is 4.82. The van der Waals surface area contributed by atoms with E-state index in [1.807, 2.05) is 18.2 Å². The highest BCUT2D eigenvalue weighted by Crippen LogP contribution is 2.37. The second kappa shape index (κ2) is 8.09. The average Bonchev–Trinajstić information content (AvgIpc) is 3.18. The number of primary amides is 1. The minimum absolute atomic E-state index is 0.254. The molecule has 0 bridgehead atoms. The largest absolute Gasteiger partial charge is 0.497 e. The van der Waals surface area contributed by atoms with Crippen molar-refractivity contribution in [3.8, 4) is 17.1 Å². The van der Waals surface area contributed by atoms with Crippen molar-refractivity contribution in [3.05, 3.63) is 54.3 Å². The minimum Gasteiger partial charge on any atom is -0.497 e. The lowest BCUT2D eigenvalue weighted by molar-refractivity contribution is -0.118. The highest BCUT2D eigenvalue weighted by Gasteiger charge is 2.18.